The zero-order valence-electron chi connectivity index (χ0n) is 10.7. The van der Waals surface area contributed by atoms with E-state index in [-0.39, 0.29) is 16.7 Å². The lowest BCUT2D eigenvalue weighted by atomic mass is 10.2. The number of hydrogen-bond donors (Lipinski definition) is 1. The highest BCUT2D eigenvalue weighted by molar-refractivity contribution is 7.89. The van der Waals surface area contributed by atoms with Crippen LogP contribution in [-0.4, -0.2) is 39.0 Å². The Kier molecular flexibility index (Phi) is 4.35. The van der Waals surface area contributed by atoms with Crippen molar-refractivity contribution in [2.24, 2.45) is 5.73 Å². The second kappa shape index (κ2) is 5.66. The Hall–Kier alpha value is -0.820. The highest BCUT2D eigenvalue weighted by Gasteiger charge is 2.36. The van der Waals surface area contributed by atoms with Crippen molar-refractivity contribution >= 4 is 21.6 Å². The summed E-state index contributed by atoms with van der Waals surface area (Å²) in [5, 5.41) is 0.438. The molecule has 0 radical (unpaired) electrons. The fraction of sp³-hybridized carbons (Fsp3) is 0.500. The summed E-state index contributed by atoms with van der Waals surface area (Å²) in [7, 11) is -2.16. The van der Waals surface area contributed by atoms with Gasteiger partial charge in [-0.25, -0.2) is 8.42 Å². The van der Waals surface area contributed by atoms with Gasteiger partial charge in [-0.2, -0.15) is 4.31 Å². The van der Waals surface area contributed by atoms with Crippen LogP contribution in [0.25, 0.3) is 0 Å². The molecule has 1 unspecified atom stereocenters. The SMILES string of the molecule is COc1cc(Cl)ccc1S(=O)(=O)N1CCCC1CN. The molecule has 0 spiro atoms. The minimum absolute atomic E-state index is 0.134. The van der Waals surface area contributed by atoms with Crippen molar-refractivity contribution in [3.8, 4) is 5.75 Å². The van der Waals surface area contributed by atoms with E-state index in [1.165, 1.54) is 23.5 Å². The summed E-state index contributed by atoms with van der Waals surface area (Å²) in [5.41, 5.74) is 5.64. The van der Waals surface area contributed by atoms with Gasteiger partial charge in [0, 0.05) is 30.2 Å². The number of benzene rings is 1. The van der Waals surface area contributed by atoms with Gasteiger partial charge in [-0.05, 0) is 25.0 Å². The van der Waals surface area contributed by atoms with Crippen molar-refractivity contribution in [3.63, 3.8) is 0 Å². The summed E-state index contributed by atoms with van der Waals surface area (Å²) < 4.78 is 31.9. The molecular weight excluding hydrogens is 288 g/mol. The van der Waals surface area contributed by atoms with Gasteiger partial charge in [0.25, 0.3) is 0 Å². The predicted octanol–water partition coefficient (Wildman–Crippen LogP) is 1.46. The third kappa shape index (κ3) is 2.72. The molecule has 1 fully saturated rings. The van der Waals surface area contributed by atoms with E-state index < -0.39 is 10.0 Å². The predicted molar refractivity (Wildman–Crippen MR) is 74.0 cm³/mol. The lowest BCUT2D eigenvalue weighted by Gasteiger charge is -2.23. The van der Waals surface area contributed by atoms with Crippen molar-refractivity contribution < 1.29 is 13.2 Å². The van der Waals surface area contributed by atoms with Gasteiger partial charge in [-0.1, -0.05) is 11.6 Å². The second-order valence-corrected chi connectivity index (χ2v) is 6.74. The molecule has 1 aromatic rings. The third-order valence-corrected chi connectivity index (χ3v) is 5.53. The van der Waals surface area contributed by atoms with E-state index in [0.29, 0.717) is 18.1 Å². The molecule has 1 aliphatic heterocycles. The van der Waals surface area contributed by atoms with E-state index in [2.05, 4.69) is 0 Å². The van der Waals surface area contributed by atoms with Crippen LogP contribution >= 0.6 is 11.6 Å². The number of ether oxygens (including phenoxy) is 1. The molecule has 0 bridgehead atoms. The van der Waals surface area contributed by atoms with E-state index in [1.54, 1.807) is 6.07 Å². The Morgan fingerprint density at radius 2 is 2.26 bits per heavy atom. The first kappa shape index (κ1) is 14.6. The zero-order chi connectivity index (χ0) is 14.0. The first-order chi connectivity index (χ1) is 9.00. The Morgan fingerprint density at radius 3 is 2.89 bits per heavy atom. The van der Waals surface area contributed by atoms with Crippen molar-refractivity contribution in [2.75, 3.05) is 20.2 Å². The van der Waals surface area contributed by atoms with Crippen LogP contribution in [0.4, 0.5) is 0 Å². The molecular formula is C12H17ClN2O3S. The number of nitrogens with zero attached hydrogens (tertiary/aromatic N) is 1. The van der Waals surface area contributed by atoms with E-state index in [9.17, 15) is 8.42 Å². The maximum absolute atomic E-state index is 12.6. The molecule has 2 N–H and O–H groups in total. The van der Waals surface area contributed by atoms with Crippen LogP contribution in [0.1, 0.15) is 12.8 Å². The van der Waals surface area contributed by atoms with Crippen LogP contribution < -0.4 is 10.5 Å². The highest BCUT2D eigenvalue weighted by Crippen LogP contribution is 2.32. The fourth-order valence-electron chi connectivity index (χ4n) is 2.34. The molecule has 1 atom stereocenters. The largest absolute Gasteiger partial charge is 0.495 e. The summed E-state index contributed by atoms with van der Waals surface area (Å²) in [6.45, 7) is 0.825. The summed E-state index contributed by atoms with van der Waals surface area (Å²) in [4.78, 5) is 0.139. The Morgan fingerprint density at radius 1 is 1.53 bits per heavy atom. The molecule has 1 heterocycles. The van der Waals surface area contributed by atoms with Crippen LogP contribution in [0.3, 0.4) is 0 Å². The van der Waals surface area contributed by atoms with Gasteiger partial charge in [-0.15, -0.1) is 0 Å². The monoisotopic (exact) mass is 304 g/mol. The molecule has 19 heavy (non-hydrogen) atoms. The van der Waals surface area contributed by atoms with E-state index in [4.69, 9.17) is 22.1 Å². The smallest absolute Gasteiger partial charge is 0.247 e. The number of rotatable bonds is 4. The van der Waals surface area contributed by atoms with Gasteiger partial charge in [0.1, 0.15) is 10.6 Å². The van der Waals surface area contributed by atoms with Crippen molar-refractivity contribution in [1.82, 2.24) is 4.31 Å². The molecule has 106 valence electrons. The molecule has 0 aromatic heterocycles. The molecule has 7 heteroatoms. The number of nitrogens with two attached hydrogens (primary N) is 1. The maximum Gasteiger partial charge on any atom is 0.247 e. The molecule has 2 rings (SSSR count). The highest BCUT2D eigenvalue weighted by atomic mass is 35.5. The molecule has 5 nitrogen and oxygen atoms in total. The third-order valence-electron chi connectivity index (χ3n) is 3.31. The van der Waals surface area contributed by atoms with Crippen LogP contribution in [0.5, 0.6) is 5.75 Å². The van der Waals surface area contributed by atoms with E-state index >= 15 is 0 Å². The first-order valence-electron chi connectivity index (χ1n) is 6.06. The molecule has 1 aromatic carbocycles. The van der Waals surface area contributed by atoms with Crippen LogP contribution in [-0.2, 0) is 10.0 Å². The minimum atomic E-state index is -3.59. The van der Waals surface area contributed by atoms with E-state index in [1.807, 2.05) is 0 Å². The summed E-state index contributed by atoms with van der Waals surface area (Å²) in [6.07, 6.45) is 1.63. The molecule has 0 saturated carbocycles. The van der Waals surface area contributed by atoms with Gasteiger partial charge in [0.2, 0.25) is 10.0 Å². The lowest BCUT2D eigenvalue weighted by molar-refractivity contribution is 0.379. The number of halogens is 1. The Bertz CT molecular complexity index is 562. The molecule has 1 saturated heterocycles. The molecule has 1 aliphatic rings. The fourth-order valence-corrected chi connectivity index (χ4v) is 4.35. The van der Waals surface area contributed by atoms with Gasteiger partial charge >= 0.3 is 0 Å². The first-order valence-corrected chi connectivity index (χ1v) is 7.88. The van der Waals surface area contributed by atoms with Gasteiger partial charge in [0.15, 0.2) is 0 Å². The van der Waals surface area contributed by atoms with Crippen LogP contribution in [0, 0.1) is 0 Å². The van der Waals surface area contributed by atoms with Crippen molar-refractivity contribution in [2.45, 2.75) is 23.8 Å². The summed E-state index contributed by atoms with van der Waals surface area (Å²) in [6, 6.07) is 4.39. The summed E-state index contributed by atoms with van der Waals surface area (Å²) >= 11 is 5.85. The van der Waals surface area contributed by atoms with Crippen LogP contribution in [0.15, 0.2) is 23.1 Å². The summed E-state index contributed by atoms with van der Waals surface area (Å²) in [5.74, 6) is 0.259. The Balaban J connectivity index is 2.45. The van der Waals surface area contributed by atoms with Gasteiger partial charge < -0.3 is 10.5 Å². The number of methoxy groups -OCH3 is 1. The normalized spacial score (nSPS) is 20.7. The maximum atomic E-state index is 12.6. The topological polar surface area (TPSA) is 72.6 Å². The van der Waals surface area contributed by atoms with Crippen LogP contribution in [0.2, 0.25) is 5.02 Å². The van der Waals surface area contributed by atoms with E-state index in [0.717, 1.165) is 12.8 Å². The molecule has 0 aliphatic carbocycles. The zero-order valence-corrected chi connectivity index (χ0v) is 12.2. The van der Waals surface area contributed by atoms with Gasteiger partial charge in [0.05, 0.1) is 7.11 Å². The number of sulfonamides is 1. The van der Waals surface area contributed by atoms with Gasteiger partial charge in [-0.3, -0.25) is 0 Å². The average molecular weight is 305 g/mol. The number of hydrogen-bond acceptors (Lipinski definition) is 4. The minimum Gasteiger partial charge on any atom is -0.495 e. The second-order valence-electron chi connectivity index (χ2n) is 4.44. The average Bonchev–Trinajstić information content (AvgIpc) is 2.87. The van der Waals surface area contributed by atoms with Crippen molar-refractivity contribution in [1.29, 1.82) is 0 Å². The Labute approximate surface area is 118 Å². The molecule has 0 amide bonds. The lowest BCUT2D eigenvalue weighted by Crippen LogP contribution is -2.39. The quantitative estimate of drug-likeness (QED) is 0.914. The van der Waals surface area contributed by atoms with Crippen molar-refractivity contribution in [3.05, 3.63) is 23.2 Å². The standard InChI is InChI=1S/C12H17ClN2O3S/c1-18-11-7-9(13)4-5-12(11)19(16,17)15-6-2-3-10(15)8-14/h4-5,7,10H,2-3,6,8,14H2,1H3.